The molecule has 2 rings (SSSR count). The van der Waals surface area contributed by atoms with Gasteiger partial charge in [0.1, 0.15) is 0 Å². The van der Waals surface area contributed by atoms with Gasteiger partial charge in [-0.15, -0.1) is 5.92 Å². The van der Waals surface area contributed by atoms with Gasteiger partial charge in [0, 0.05) is 0 Å². The fourth-order valence-electron chi connectivity index (χ4n) is 1.45. The van der Waals surface area contributed by atoms with Crippen molar-refractivity contribution in [1.29, 1.82) is 0 Å². The first-order valence-electron chi connectivity index (χ1n) is 8.16. The van der Waals surface area contributed by atoms with Crippen molar-refractivity contribution in [2.75, 3.05) is 26.7 Å². The molecule has 28 heavy (non-hydrogen) atoms. The van der Waals surface area contributed by atoms with E-state index in [9.17, 15) is 4.79 Å². The Hall–Kier alpha value is -0.0606. The van der Waals surface area contributed by atoms with E-state index in [0.717, 1.165) is 0 Å². The van der Waals surface area contributed by atoms with Crippen LogP contribution >= 0.6 is 35.0 Å². The number of rotatable bonds is 3. The average Bonchev–Trinajstić information content (AvgIpc) is 2.72. The molecule has 0 heterocycles. The van der Waals surface area contributed by atoms with Gasteiger partial charge in [0.25, 0.3) is 0 Å². The summed E-state index contributed by atoms with van der Waals surface area (Å²) in [7, 11) is 9.99. The van der Waals surface area contributed by atoms with Gasteiger partial charge in [-0.3, -0.25) is 6.29 Å². The van der Waals surface area contributed by atoms with Crippen molar-refractivity contribution in [3.8, 4) is 0 Å². The minimum atomic E-state index is -0.556. The predicted molar refractivity (Wildman–Crippen MR) is 126 cm³/mol. The Labute approximate surface area is 190 Å². The van der Waals surface area contributed by atoms with Gasteiger partial charge < -0.3 is 4.79 Å². The van der Waals surface area contributed by atoms with E-state index in [-0.39, 0.29) is 21.8 Å². The number of hydrogen-bond donors (Lipinski definition) is 0. The third kappa shape index (κ3) is 24.0. The molecular weight excluding hydrogens is 609 g/mol. The average molecular weight is 639 g/mol. The van der Waals surface area contributed by atoms with Crippen molar-refractivity contribution in [3.63, 3.8) is 0 Å². The molecule has 158 valence electrons. The topological polar surface area (TPSA) is 37.0 Å². The maximum absolute atomic E-state index is 9.38. The van der Waals surface area contributed by atoms with Crippen LogP contribution in [0.15, 0.2) is 60.7 Å². The Bertz CT molecular complexity index is 537. The molecule has 2 aromatic carbocycles. The van der Waals surface area contributed by atoms with Crippen LogP contribution in [-0.2, 0) is 25.1 Å². The van der Waals surface area contributed by atoms with Gasteiger partial charge in [0.15, 0.2) is 0 Å². The van der Waals surface area contributed by atoms with Crippen molar-refractivity contribution in [2.24, 2.45) is 5.92 Å². The van der Waals surface area contributed by atoms with Gasteiger partial charge in [0.05, 0.1) is 0 Å². The molecule has 2 nitrogen and oxygen atoms in total. The summed E-state index contributed by atoms with van der Waals surface area (Å²) in [5.41, 5.74) is 0. The SMILES string of the molecule is CC(C)[C-]=O.CP(C)c1ccccc1.CP(C)c1ccccc1.[C-]#[O+].[Cl][Ir+][Cl]. The Morgan fingerprint density at radius 2 is 1.04 bits per heavy atom. The molecule has 2 aromatic rings. The second kappa shape index (κ2) is 25.0. The summed E-state index contributed by atoms with van der Waals surface area (Å²) in [4.78, 5) is 9.38. The number of halogens is 2. The molecule has 0 atom stereocenters. The Morgan fingerprint density at radius 3 is 1.14 bits per heavy atom. The van der Waals surface area contributed by atoms with Crippen LogP contribution in [0.25, 0.3) is 0 Å². The summed E-state index contributed by atoms with van der Waals surface area (Å²) in [6.07, 6.45) is 1.78. The van der Waals surface area contributed by atoms with Gasteiger partial charge in [-0.25, -0.2) is 0 Å². The molecule has 0 radical (unpaired) electrons. The number of benzene rings is 2. The minimum absolute atomic E-state index is 0.0787. The zero-order valence-electron chi connectivity index (χ0n) is 17.2. The zero-order chi connectivity index (χ0) is 22.4. The summed E-state index contributed by atoms with van der Waals surface area (Å²) < 4.78 is 7.50. The Morgan fingerprint density at radius 1 is 0.821 bits per heavy atom. The molecule has 0 aliphatic heterocycles. The van der Waals surface area contributed by atoms with Crippen molar-refractivity contribution in [3.05, 3.63) is 67.3 Å². The molecular formula is C21H29Cl2IrO2P2. The second-order valence-corrected chi connectivity index (χ2v) is 13.9. The van der Waals surface area contributed by atoms with Crippen LogP contribution in [0.5, 0.6) is 0 Å². The Kier molecular flexibility index (Phi) is 29.1. The molecule has 0 unspecified atom stereocenters. The Balaban J connectivity index is -0.000000310. The molecule has 0 fully saturated rings. The summed E-state index contributed by atoms with van der Waals surface area (Å²) in [5, 5.41) is 2.96. The first-order valence-corrected chi connectivity index (χ1v) is 18.6. The summed E-state index contributed by atoms with van der Waals surface area (Å²) in [5.74, 6) is 0.0787. The van der Waals surface area contributed by atoms with E-state index in [1.165, 1.54) is 10.6 Å². The number of carbonyl (C=O) groups excluding carboxylic acids is 1. The molecule has 0 saturated carbocycles. The van der Waals surface area contributed by atoms with E-state index in [1.807, 2.05) is 0 Å². The molecule has 7 heteroatoms. The third-order valence-corrected chi connectivity index (χ3v) is 5.44. The summed E-state index contributed by atoms with van der Waals surface area (Å²) in [6.45, 7) is 17.2. The molecule has 0 amide bonds. The quantitative estimate of drug-likeness (QED) is 0.224. The van der Waals surface area contributed by atoms with E-state index in [0.29, 0.717) is 0 Å². The molecule has 0 aliphatic rings. The maximum atomic E-state index is 9.38. The van der Waals surface area contributed by atoms with Gasteiger partial charge in [-0.05, 0) is 37.3 Å². The zero-order valence-corrected chi connectivity index (χ0v) is 22.8. The van der Waals surface area contributed by atoms with Crippen molar-refractivity contribution in [1.82, 2.24) is 0 Å². The summed E-state index contributed by atoms with van der Waals surface area (Å²) >= 11 is -0.556. The van der Waals surface area contributed by atoms with Crippen LogP contribution in [0, 0.1) is 12.6 Å². The second-order valence-electron chi connectivity index (χ2n) is 5.78. The van der Waals surface area contributed by atoms with E-state index in [2.05, 4.69) is 94.0 Å². The molecule has 0 aromatic heterocycles. The normalized spacial score (nSPS) is 8.89. The first kappa shape index (κ1) is 32.6. The van der Waals surface area contributed by atoms with Gasteiger partial charge in [-0.1, -0.05) is 90.4 Å². The first-order chi connectivity index (χ1) is 13.3. The molecule has 0 spiro atoms. The van der Waals surface area contributed by atoms with E-state index >= 15 is 0 Å². The van der Waals surface area contributed by atoms with Gasteiger partial charge in [0.2, 0.25) is 0 Å². The fourth-order valence-corrected chi connectivity index (χ4v) is 2.99. The van der Waals surface area contributed by atoms with E-state index in [4.69, 9.17) is 23.8 Å². The fraction of sp³-hybridized carbons (Fsp3) is 0.333. The predicted octanol–water partition coefficient (Wildman–Crippen LogP) is 6.20. The van der Waals surface area contributed by atoms with Gasteiger partial charge in [-0.2, -0.15) is 0 Å². The number of hydrogen-bond acceptors (Lipinski definition) is 1. The van der Waals surface area contributed by atoms with Crippen LogP contribution in [0.1, 0.15) is 13.8 Å². The van der Waals surface area contributed by atoms with E-state index < -0.39 is 15.7 Å². The molecule has 0 bridgehead atoms. The third-order valence-electron chi connectivity index (χ3n) is 2.78. The van der Waals surface area contributed by atoms with Crippen LogP contribution in [0.3, 0.4) is 0 Å². The van der Waals surface area contributed by atoms with Crippen molar-refractivity contribution in [2.45, 2.75) is 13.8 Å². The molecule has 0 aliphatic carbocycles. The molecule has 0 N–H and O–H groups in total. The van der Waals surface area contributed by atoms with Gasteiger partial charge >= 0.3 is 46.1 Å². The van der Waals surface area contributed by atoms with Crippen LogP contribution in [0.2, 0.25) is 0 Å². The van der Waals surface area contributed by atoms with Crippen LogP contribution in [0.4, 0.5) is 0 Å². The standard InChI is InChI=1S/2C8H11P.C4H7O.CO.2ClH.Ir/c2*1-9(2)8-6-4-3-5-7-8;1-4(2)3-5;1-2;;;/h2*3-7H,1-2H3;4H,1-2H3;;2*1H;/q;;-1;;;;+3/p-2. The molecule has 0 saturated heterocycles. The monoisotopic (exact) mass is 638 g/mol. The van der Waals surface area contributed by atoms with Crippen LogP contribution in [-0.4, -0.2) is 32.9 Å². The van der Waals surface area contributed by atoms with E-state index in [1.54, 1.807) is 20.1 Å². The summed E-state index contributed by atoms with van der Waals surface area (Å²) in [6, 6.07) is 21.2. The van der Waals surface area contributed by atoms with Crippen molar-refractivity contribution >= 4 is 51.9 Å². The van der Waals surface area contributed by atoms with Crippen molar-refractivity contribution < 1.29 is 25.1 Å². The van der Waals surface area contributed by atoms with Crippen LogP contribution < -0.4 is 10.6 Å².